The first-order valence-corrected chi connectivity index (χ1v) is 15.1. The number of piperidine rings is 1. The van der Waals surface area contributed by atoms with Crippen molar-refractivity contribution in [3.8, 4) is 5.75 Å². The van der Waals surface area contributed by atoms with E-state index in [2.05, 4.69) is 0 Å². The number of amidine groups is 2. The normalized spacial score (nSPS) is 17.6. The summed E-state index contributed by atoms with van der Waals surface area (Å²) in [5, 5.41) is 15.8. The second-order valence-electron chi connectivity index (χ2n) is 9.79. The van der Waals surface area contributed by atoms with Crippen molar-refractivity contribution < 1.29 is 22.7 Å². The van der Waals surface area contributed by atoms with Crippen molar-refractivity contribution in [2.75, 3.05) is 29.8 Å². The number of halogens is 1. The first kappa shape index (κ1) is 29.4. The monoisotopic (exact) mass is 587 g/mol. The van der Waals surface area contributed by atoms with Crippen LogP contribution in [0.3, 0.4) is 0 Å². The van der Waals surface area contributed by atoms with E-state index < -0.39 is 27.8 Å². The number of nitrogen functional groups attached to an aromatic ring is 1. The Balaban J connectivity index is 1.63. The number of carbonyl (C=O) groups excluding carboxylic acids is 1. The largest absolute Gasteiger partial charge is 0.489 e. The quantitative estimate of drug-likeness (QED) is 0.229. The van der Waals surface area contributed by atoms with Crippen LogP contribution in [0.4, 0.5) is 5.69 Å². The molecule has 214 valence electrons. The van der Waals surface area contributed by atoms with Gasteiger partial charge in [0.05, 0.1) is 29.2 Å². The maximum absolute atomic E-state index is 13.5. The van der Waals surface area contributed by atoms with Crippen LogP contribution in [0.15, 0.2) is 42.5 Å². The average Bonchev–Trinajstić information content (AvgIpc) is 3.30. The van der Waals surface area contributed by atoms with Gasteiger partial charge in [-0.15, -0.1) is 0 Å². The van der Waals surface area contributed by atoms with Crippen LogP contribution in [-0.2, 0) is 26.0 Å². The molecule has 12 heteroatoms. The lowest BCUT2D eigenvalue weighted by Crippen LogP contribution is -2.40. The van der Waals surface area contributed by atoms with Crippen molar-refractivity contribution in [3.05, 3.63) is 64.2 Å². The molecule has 0 bridgehead atoms. The highest BCUT2D eigenvalue weighted by atomic mass is 35.5. The minimum atomic E-state index is -4.11. The molecule has 1 fully saturated rings. The molecule has 10 nitrogen and oxygen atoms in total. The zero-order chi connectivity index (χ0) is 29.0. The lowest BCUT2D eigenvalue weighted by molar-refractivity contribution is -0.139. The zero-order valence-corrected chi connectivity index (χ0v) is 24.1. The van der Waals surface area contributed by atoms with Crippen molar-refractivity contribution in [2.45, 2.75) is 45.3 Å². The number of anilines is 1. The van der Waals surface area contributed by atoms with Crippen molar-refractivity contribution in [3.63, 3.8) is 0 Å². The molecule has 2 aliphatic heterocycles. The average molecular weight is 588 g/mol. The van der Waals surface area contributed by atoms with Gasteiger partial charge in [-0.3, -0.25) is 19.9 Å². The van der Waals surface area contributed by atoms with Gasteiger partial charge in [-0.25, -0.2) is 8.42 Å². The van der Waals surface area contributed by atoms with E-state index in [0.29, 0.717) is 33.4 Å². The van der Waals surface area contributed by atoms with E-state index in [0.717, 1.165) is 31.5 Å². The van der Waals surface area contributed by atoms with Crippen LogP contribution < -0.4 is 14.8 Å². The maximum Gasteiger partial charge on any atom is 0.323 e. The summed E-state index contributed by atoms with van der Waals surface area (Å²) in [6, 6.07) is 9.74. The number of likely N-dealkylation sites (tertiary alicyclic amines) is 1. The van der Waals surface area contributed by atoms with Crippen molar-refractivity contribution in [1.82, 2.24) is 4.90 Å². The van der Waals surface area contributed by atoms with E-state index >= 15 is 0 Å². The van der Waals surface area contributed by atoms with Crippen molar-refractivity contribution in [1.29, 1.82) is 10.8 Å². The number of rotatable bonds is 9. The highest BCUT2D eigenvalue weighted by Crippen LogP contribution is 2.44. The van der Waals surface area contributed by atoms with Crippen LogP contribution in [0.1, 0.15) is 43.4 Å². The third-order valence-corrected chi connectivity index (χ3v) is 9.04. The van der Waals surface area contributed by atoms with Gasteiger partial charge in [-0.05, 0) is 37.6 Å². The lowest BCUT2D eigenvalue weighted by atomic mass is 10.1. The predicted octanol–water partition coefficient (Wildman–Crippen LogP) is 3.80. The maximum atomic E-state index is 13.5. The number of sulfonamides is 1. The number of ether oxygens (including phenoxy) is 2. The molecule has 1 saturated heterocycles. The number of nitrogens with two attached hydrogens (primary N) is 1. The van der Waals surface area contributed by atoms with Gasteiger partial charge in [-0.1, -0.05) is 42.0 Å². The Hall–Kier alpha value is -3.57. The fourth-order valence-electron chi connectivity index (χ4n) is 5.00. The van der Waals surface area contributed by atoms with Gasteiger partial charge in [-0.2, -0.15) is 0 Å². The number of nitrogens with one attached hydrogen (secondary N) is 2. The molecule has 0 aromatic heterocycles. The Labute approximate surface area is 239 Å². The summed E-state index contributed by atoms with van der Waals surface area (Å²) in [6.45, 7) is 4.91. The van der Waals surface area contributed by atoms with E-state index in [1.54, 1.807) is 56.3 Å². The molecule has 2 heterocycles. The molecule has 1 unspecified atom stereocenters. The summed E-state index contributed by atoms with van der Waals surface area (Å²) in [5.41, 5.74) is 7.92. The zero-order valence-electron chi connectivity index (χ0n) is 22.5. The van der Waals surface area contributed by atoms with E-state index in [1.807, 2.05) is 11.0 Å². The molecular formula is C28H34ClN5O5S. The molecule has 0 amide bonds. The second-order valence-corrected chi connectivity index (χ2v) is 12.0. The molecule has 0 aliphatic carbocycles. The summed E-state index contributed by atoms with van der Waals surface area (Å²) < 4.78 is 39.4. The van der Waals surface area contributed by atoms with Gasteiger partial charge in [0.25, 0.3) is 0 Å². The second kappa shape index (κ2) is 12.3. The van der Waals surface area contributed by atoms with Crippen LogP contribution in [0.2, 0.25) is 5.02 Å². The summed E-state index contributed by atoms with van der Waals surface area (Å²) in [4.78, 5) is 14.2. The highest BCUT2D eigenvalue weighted by molar-refractivity contribution is 7.93. The number of esters is 1. The first-order chi connectivity index (χ1) is 19.0. The Kier molecular flexibility index (Phi) is 9.05. The number of carbonyl (C=O) groups is 1. The highest BCUT2D eigenvalue weighted by Gasteiger charge is 2.39. The summed E-state index contributed by atoms with van der Waals surface area (Å²) in [6.07, 6.45) is 5.21. The molecule has 40 heavy (non-hydrogen) atoms. The molecule has 4 N–H and O–H groups in total. The number of benzene rings is 2. The van der Waals surface area contributed by atoms with Crippen LogP contribution in [-0.4, -0.2) is 68.6 Å². The van der Waals surface area contributed by atoms with Gasteiger partial charge in [0, 0.05) is 43.5 Å². The van der Waals surface area contributed by atoms with Gasteiger partial charge in [0.2, 0.25) is 10.0 Å². The molecule has 2 aromatic rings. The third kappa shape index (κ3) is 6.59. The number of hydrogen-bond donors (Lipinski definition) is 3. The fourth-order valence-corrected chi connectivity index (χ4v) is 6.83. The van der Waals surface area contributed by atoms with Gasteiger partial charge >= 0.3 is 5.97 Å². The minimum Gasteiger partial charge on any atom is -0.489 e. The molecular weight excluding hydrogens is 554 g/mol. The van der Waals surface area contributed by atoms with Crippen LogP contribution in [0, 0.1) is 10.8 Å². The summed E-state index contributed by atoms with van der Waals surface area (Å²) in [5.74, 6) is -0.687. The van der Waals surface area contributed by atoms with Crippen molar-refractivity contribution in [2.24, 2.45) is 5.73 Å². The standard InChI is InChI=1S/C28H34ClN5O5S/c1-3-38-26(35)17-40(36,37)34-21(8-7-19-5-4-6-20(15-19)28(31)32)16-23-24(34)9-10-25(27(23)29)39-22-11-13-33(14-12-22)18(2)30/h4-10,15,21-22,30H,3,11-14,16-17H2,1-2H3,(H3,31,32)/b8-7+,30-18?. The smallest absolute Gasteiger partial charge is 0.323 e. The number of nitrogens with zero attached hydrogens (tertiary/aromatic N) is 2. The van der Waals surface area contributed by atoms with Gasteiger partial charge in [0.1, 0.15) is 17.7 Å². The third-order valence-electron chi connectivity index (χ3n) is 6.96. The van der Waals surface area contributed by atoms with Gasteiger partial charge in [0.15, 0.2) is 5.75 Å². The number of hydrogen-bond acceptors (Lipinski definition) is 7. The SMILES string of the molecule is CCOC(=O)CS(=O)(=O)N1c2ccc(OC3CCN(C(C)=N)CC3)c(Cl)c2CC1/C=C/c1cccc(C(=N)N)c1. The van der Waals surface area contributed by atoms with Crippen LogP contribution >= 0.6 is 11.6 Å². The Morgan fingerprint density at radius 3 is 2.58 bits per heavy atom. The molecule has 0 radical (unpaired) electrons. The molecule has 0 saturated carbocycles. The van der Waals surface area contributed by atoms with Gasteiger partial charge < -0.3 is 20.1 Å². The van der Waals surface area contributed by atoms with Crippen LogP contribution in [0.5, 0.6) is 5.75 Å². The topological polar surface area (TPSA) is 150 Å². The minimum absolute atomic E-state index is 0.0690. The molecule has 2 aromatic carbocycles. The Bertz CT molecular complexity index is 1440. The molecule has 0 spiro atoms. The lowest BCUT2D eigenvalue weighted by Gasteiger charge is -2.33. The van der Waals surface area contributed by atoms with Crippen LogP contribution in [0.25, 0.3) is 6.08 Å². The Morgan fingerprint density at radius 2 is 1.93 bits per heavy atom. The first-order valence-electron chi connectivity index (χ1n) is 13.1. The van der Waals surface area contributed by atoms with E-state index in [9.17, 15) is 13.2 Å². The molecule has 1 atom stereocenters. The fraction of sp³-hybridized carbons (Fsp3) is 0.393. The Morgan fingerprint density at radius 1 is 1.20 bits per heavy atom. The summed E-state index contributed by atoms with van der Waals surface area (Å²) in [7, 11) is -4.11. The summed E-state index contributed by atoms with van der Waals surface area (Å²) >= 11 is 6.82. The van der Waals surface area contributed by atoms with E-state index in [-0.39, 0.29) is 25.0 Å². The van der Waals surface area contributed by atoms with E-state index in [1.165, 1.54) is 4.31 Å². The van der Waals surface area contributed by atoms with Crippen molar-refractivity contribution >= 4 is 51.0 Å². The van der Waals surface area contributed by atoms with E-state index in [4.69, 9.17) is 37.6 Å². The molecule has 2 aliphatic rings. The molecule has 4 rings (SSSR count). The number of fused-ring (bicyclic) bond motifs is 1. The predicted molar refractivity (Wildman–Crippen MR) is 157 cm³/mol.